The molecule has 0 saturated heterocycles. The second kappa shape index (κ2) is 6.79. The first-order chi connectivity index (χ1) is 9.95. The highest BCUT2D eigenvalue weighted by atomic mass is 79.9. The van der Waals surface area contributed by atoms with Crippen molar-refractivity contribution in [2.75, 3.05) is 6.61 Å². The van der Waals surface area contributed by atoms with Crippen LogP contribution in [0.2, 0.25) is 0 Å². The van der Waals surface area contributed by atoms with E-state index in [0.717, 1.165) is 32.4 Å². The first-order valence-electron chi connectivity index (χ1n) is 6.72. The molecular weight excluding hydrogens is 398 g/mol. The monoisotopic (exact) mass is 413 g/mol. The maximum Gasteiger partial charge on any atom is 0.202 e. The number of ether oxygens (including phenoxy) is 1. The van der Waals surface area contributed by atoms with Gasteiger partial charge in [-0.25, -0.2) is 0 Å². The van der Waals surface area contributed by atoms with Crippen LogP contribution in [0.3, 0.4) is 0 Å². The van der Waals surface area contributed by atoms with E-state index in [9.17, 15) is 4.79 Å². The fraction of sp³-hybridized carbons (Fsp3) is 0.312. The van der Waals surface area contributed by atoms with Gasteiger partial charge in [0.15, 0.2) is 6.61 Å². The van der Waals surface area contributed by atoms with Crippen LogP contribution in [0, 0.1) is 13.8 Å². The van der Waals surface area contributed by atoms with Crippen LogP contribution in [0.25, 0.3) is 0 Å². The molecule has 1 aromatic carbocycles. The molecule has 1 heterocycles. The van der Waals surface area contributed by atoms with E-state index in [2.05, 4.69) is 43.4 Å². The summed E-state index contributed by atoms with van der Waals surface area (Å²) in [5.74, 6) is 0.639. The molecule has 0 aliphatic heterocycles. The third-order valence-electron chi connectivity index (χ3n) is 3.46. The summed E-state index contributed by atoms with van der Waals surface area (Å²) < 4.78 is 9.44. The molecule has 2 rings (SSSR count). The van der Waals surface area contributed by atoms with Crippen LogP contribution in [-0.2, 0) is 6.54 Å². The van der Waals surface area contributed by atoms with Crippen LogP contribution in [0.1, 0.15) is 28.7 Å². The lowest BCUT2D eigenvalue weighted by atomic mass is 10.1. The van der Waals surface area contributed by atoms with Crippen LogP contribution in [0.15, 0.2) is 33.2 Å². The van der Waals surface area contributed by atoms with E-state index in [4.69, 9.17) is 4.74 Å². The van der Waals surface area contributed by atoms with Gasteiger partial charge in [0.2, 0.25) is 5.78 Å². The van der Waals surface area contributed by atoms with E-state index in [0.29, 0.717) is 5.75 Å². The number of para-hydroxylation sites is 1. The molecule has 112 valence electrons. The molecule has 0 bridgehead atoms. The fourth-order valence-corrected chi connectivity index (χ4v) is 3.63. The number of ketones is 1. The first-order valence-corrected chi connectivity index (χ1v) is 8.31. The Morgan fingerprint density at radius 1 is 1.24 bits per heavy atom. The van der Waals surface area contributed by atoms with Crippen molar-refractivity contribution in [3.63, 3.8) is 0 Å². The molecule has 0 amide bonds. The van der Waals surface area contributed by atoms with Crippen molar-refractivity contribution in [2.24, 2.45) is 0 Å². The lowest BCUT2D eigenvalue weighted by Gasteiger charge is -2.10. The predicted molar refractivity (Wildman–Crippen MR) is 91.2 cm³/mol. The summed E-state index contributed by atoms with van der Waals surface area (Å²) in [5, 5.41) is 0. The SMILES string of the molecule is CCn1c(C)cc(C(=O)COc2c(Br)cccc2Br)c1C. The Balaban J connectivity index is 2.16. The molecule has 0 unspecified atom stereocenters. The quantitative estimate of drug-likeness (QED) is 0.650. The molecule has 2 aromatic rings. The number of hydrogen-bond acceptors (Lipinski definition) is 2. The number of nitrogens with zero attached hydrogens (tertiary/aromatic N) is 1. The maximum absolute atomic E-state index is 12.4. The van der Waals surface area contributed by atoms with E-state index in [1.54, 1.807) is 0 Å². The molecule has 3 nitrogen and oxygen atoms in total. The Morgan fingerprint density at radius 3 is 2.38 bits per heavy atom. The minimum absolute atomic E-state index is 0.00884. The second-order valence-electron chi connectivity index (χ2n) is 4.79. The Morgan fingerprint density at radius 2 is 1.86 bits per heavy atom. The zero-order chi connectivity index (χ0) is 15.6. The largest absolute Gasteiger partial charge is 0.483 e. The Hall–Kier alpha value is -1.07. The molecule has 1 aromatic heterocycles. The number of aromatic nitrogens is 1. The van der Waals surface area contributed by atoms with Gasteiger partial charge in [-0.15, -0.1) is 0 Å². The standard InChI is InChI=1S/C16H17Br2NO2/c1-4-19-10(2)8-12(11(19)3)15(20)9-21-16-13(17)6-5-7-14(16)18/h5-8H,4,9H2,1-3H3. The molecular formula is C16H17Br2NO2. The van der Waals surface area contributed by atoms with Gasteiger partial charge in [-0.1, -0.05) is 6.07 Å². The summed E-state index contributed by atoms with van der Waals surface area (Å²) in [6.07, 6.45) is 0. The number of rotatable bonds is 5. The lowest BCUT2D eigenvalue weighted by Crippen LogP contribution is -2.13. The van der Waals surface area contributed by atoms with Crippen molar-refractivity contribution in [2.45, 2.75) is 27.3 Å². The first kappa shape index (κ1) is 16.3. The number of halogens is 2. The normalized spacial score (nSPS) is 10.7. The summed E-state index contributed by atoms with van der Waals surface area (Å²) in [5.41, 5.74) is 2.83. The molecule has 21 heavy (non-hydrogen) atoms. The predicted octanol–water partition coefficient (Wildman–Crippen LogP) is 4.91. The van der Waals surface area contributed by atoms with Crippen molar-refractivity contribution in [3.05, 3.63) is 50.2 Å². The highest BCUT2D eigenvalue weighted by Crippen LogP contribution is 2.33. The van der Waals surface area contributed by atoms with Gasteiger partial charge in [0, 0.05) is 23.5 Å². The number of carbonyl (C=O) groups is 1. The van der Waals surface area contributed by atoms with Crippen LogP contribution in [-0.4, -0.2) is 17.0 Å². The molecule has 0 aliphatic rings. The summed E-state index contributed by atoms with van der Waals surface area (Å²) in [6.45, 7) is 6.94. The Bertz CT molecular complexity index is 657. The average molecular weight is 415 g/mol. The second-order valence-corrected chi connectivity index (χ2v) is 6.50. The Labute approximate surface area is 141 Å². The molecule has 5 heteroatoms. The van der Waals surface area contributed by atoms with Gasteiger partial charge in [-0.3, -0.25) is 4.79 Å². The van der Waals surface area contributed by atoms with E-state index in [1.165, 1.54) is 0 Å². The van der Waals surface area contributed by atoms with Crippen LogP contribution in [0.4, 0.5) is 0 Å². The van der Waals surface area contributed by atoms with Gasteiger partial charge >= 0.3 is 0 Å². The number of aryl methyl sites for hydroxylation is 1. The van der Waals surface area contributed by atoms with Crippen LogP contribution >= 0.6 is 31.9 Å². The van der Waals surface area contributed by atoms with Crippen LogP contribution in [0.5, 0.6) is 5.75 Å². The molecule has 0 radical (unpaired) electrons. The van der Waals surface area contributed by atoms with E-state index in [1.807, 2.05) is 38.1 Å². The number of carbonyl (C=O) groups excluding carboxylic acids is 1. The topological polar surface area (TPSA) is 31.2 Å². The average Bonchev–Trinajstić information content (AvgIpc) is 2.72. The number of hydrogen-bond donors (Lipinski definition) is 0. The maximum atomic E-state index is 12.4. The van der Waals surface area contributed by atoms with Crippen molar-refractivity contribution in [1.29, 1.82) is 0 Å². The molecule has 0 spiro atoms. The molecule has 0 saturated carbocycles. The van der Waals surface area contributed by atoms with E-state index >= 15 is 0 Å². The van der Waals surface area contributed by atoms with Gasteiger partial charge in [-0.05, 0) is 70.8 Å². The molecule has 0 atom stereocenters. The highest BCUT2D eigenvalue weighted by molar-refractivity contribution is 9.11. The Kier molecular flexibility index (Phi) is 5.27. The van der Waals surface area contributed by atoms with Gasteiger partial charge in [-0.2, -0.15) is 0 Å². The van der Waals surface area contributed by atoms with Gasteiger partial charge < -0.3 is 9.30 Å². The smallest absolute Gasteiger partial charge is 0.202 e. The molecule has 0 N–H and O–H groups in total. The minimum Gasteiger partial charge on any atom is -0.483 e. The molecule has 0 fully saturated rings. The zero-order valence-electron chi connectivity index (χ0n) is 12.2. The van der Waals surface area contributed by atoms with Gasteiger partial charge in [0.1, 0.15) is 5.75 Å². The summed E-state index contributed by atoms with van der Waals surface area (Å²) in [4.78, 5) is 12.4. The summed E-state index contributed by atoms with van der Waals surface area (Å²) >= 11 is 6.85. The third-order valence-corrected chi connectivity index (χ3v) is 4.71. The number of benzene rings is 1. The van der Waals surface area contributed by atoms with Crippen molar-refractivity contribution < 1.29 is 9.53 Å². The van der Waals surface area contributed by atoms with Crippen molar-refractivity contribution in [3.8, 4) is 5.75 Å². The van der Waals surface area contributed by atoms with E-state index < -0.39 is 0 Å². The summed E-state index contributed by atoms with van der Waals surface area (Å²) in [6, 6.07) is 7.60. The molecule has 0 aliphatic carbocycles. The van der Waals surface area contributed by atoms with Gasteiger partial charge in [0.05, 0.1) is 8.95 Å². The lowest BCUT2D eigenvalue weighted by molar-refractivity contribution is 0.0919. The van der Waals surface area contributed by atoms with Crippen LogP contribution < -0.4 is 4.74 Å². The highest BCUT2D eigenvalue weighted by Gasteiger charge is 2.16. The minimum atomic E-state index is -0.00884. The fourth-order valence-electron chi connectivity index (χ4n) is 2.41. The third kappa shape index (κ3) is 3.40. The zero-order valence-corrected chi connectivity index (χ0v) is 15.4. The van der Waals surface area contributed by atoms with Crippen molar-refractivity contribution in [1.82, 2.24) is 4.57 Å². The van der Waals surface area contributed by atoms with E-state index in [-0.39, 0.29) is 12.4 Å². The van der Waals surface area contributed by atoms with Crippen molar-refractivity contribution >= 4 is 37.6 Å². The summed E-state index contributed by atoms with van der Waals surface area (Å²) in [7, 11) is 0. The van der Waals surface area contributed by atoms with Gasteiger partial charge in [0.25, 0.3) is 0 Å². The number of Topliss-reactive ketones (excluding diaryl/α,β-unsaturated/α-hetero) is 1.